The van der Waals surface area contributed by atoms with Gasteiger partial charge in [-0.05, 0) is 23.8 Å². The van der Waals surface area contributed by atoms with Crippen molar-refractivity contribution >= 4 is 27.5 Å². The lowest BCUT2D eigenvalue weighted by Crippen LogP contribution is -2.24. The van der Waals surface area contributed by atoms with E-state index >= 15 is 0 Å². The molecule has 2 rings (SSSR count). The molecule has 0 heterocycles. The molecule has 98 valence electrons. The summed E-state index contributed by atoms with van der Waals surface area (Å²) in [4.78, 5) is 12.1. The van der Waals surface area contributed by atoms with Crippen LogP contribution < -0.4 is 16.6 Å². The molecule has 5 heteroatoms. The van der Waals surface area contributed by atoms with Gasteiger partial charge in [-0.25, -0.2) is 0 Å². The van der Waals surface area contributed by atoms with E-state index in [9.17, 15) is 4.79 Å². The first-order valence-corrected chi connectivity index (χ1v) is 6.59. The number of amides is 1. The van der Waals surface area contributed by atoms with Gasteiger partial charge in [0.1, 0.15) is 0 Å². The van der Waals surface area contributed by atoms with Gasteiger partial charge < -0.3 is 10.7 Å². The summed E-state index contributed by atoms with van der Waals surface area (Å²) in [6.07, 6.45) is 0. The lowest BCUT2D eigenvalue weighted by Gasteiger charge is -2.10. The molecule has 19 heavy (non-hydrogen) atoms. The Morgan fingerprint density at radius 2 is 1.79 bits per heavy atom. The zero-order valence-corrected chi connectivity index (χ0v) is 11.8. The van der Waals surface area contributed by atoms with Crippen LogP contribution in [0, 0.1) is 0 Å². The maximum absolute atomic E-state index is 12.1. The van der Waals surface area contributed by atoms with Crippen molar-refractivity contribution in [1.29, 1.82) is 0 Å². The average Bonchev–Trinajstić information content (AvgIpc) is 2.46. The summed E-state index contributed by atoms with van der Waals surface area (Å²) in [7, 11) is 0. The van der Waals surface area contributed by atoms with E-state index in [4.69, 9.17) is 5.84 Å². The molecule has 0 aromatic heterocycles. The first-order chi connectivity index (χ1) is 9.22. The number of nitrogens with two attached hydrogens (primary N) is 1. The summed E-state index contributed by atoms with van der Waals surface area (Å²) in [6.45, 7) is 0.458. The van der Waals surface area contributed by atoms with Gasteiger partial charge in [0, 0.05) is 11.0 Å². The highest BCUT2D eigenvalue weighted by Crippen LogP contribution is 2.17. The number of carbonyl (C=O) groups is 1. The number of carbonyl (C=O) groups excluding carboxylic acids is 1. The molecule has 0 atom stereocenters. The molecule has 0 aliphatic carbocycles. The number of benzene rings is 2. The fourth-order valence-corrected chi connectivity index (χ4v) is 2.14. The molecule has 0 aliphatic rings. The van der Waals surface area contributed by atoms with E-state index in [1.165, 1.54) is 0 Å². The van der Waals surface area contributed by atoms with Crippen LogP contribution in [-0.4, -0.2) is 5.91 Å². The Hall–Kier alpha value is -1.85. The molecular formula is C14H14BrN3O. The molecule has 0 bridgehead atoms. The molecule has 0 fully saturated rings. The Morgan fingerprint density at radius 1 is 1.11 bits per heavy atom. The van der Waals surface area contributed by atoms with Crippen molar-refractivity contribution in [1.82, 2.24) is 5.32 Å². The van der Waals surface area contributed by atoms with E-state index in [0.29, 0.717) is 17.8 Å². The zero-order valence-electron chi connectivity index (χ0n) is 10.2. The number of halogens is 1. The van der Waals surface area contributed by atoms with E-state index in [1.54, 1.807) is 18.2 Å². The van der Waals surface area contributed by atoms with Gasteiger partial charge in [0.05, 0.1) is 11.3 Å². The third-order valence-corrected chi connectivity index (χ3v) is 3.50. The first-order valence-electron chi connectivity index (χ1n) is 5.79. The van der Waals surface area contributed by atoms with Gasteiger partial charge in [0.25, 0.3) is 5.91 Å². The van der Waals surface area contributed by atoms with E-state index in [0.717, 1.165) is 10.0 Å². The number of para-hydroxylation sites is 1. The Kier molecular flexibility index (Phi) is 4.54. The predicted molar refractivity (Wildman–Crippen MR) is 79.6 cm³/mol. The van der Waals surface area contributed by atoms with Crippen molar-refractivity contribution in [3.63, 3.8) is 0 Å². The Labute approximate surface area is 120 Å². The van der Waals surface area contributed by atoms with Crippen LogP contribution in [0.15, 0.2) is 53.0 Å². The third kappa shape index (κ3) is 3.33. The SMILES string of the molecule is NNc1ccccc1C(=O)NCc1ccccc1Br. The van der Waals surface area contributed by atoms with Crippen LogP contribution in [-0.2, 0) is 6.54 Å². The molecule has 0 unspecified atom stereocenters. The Morgan fingerprint density at radius 3 is 2.53 bits per heavy atom. The van der Waals surface area contributed by atoms with Gasteiger partial charge in [-0.2, -0.15) is 0 Å². The lowest BCUT2D eigenvalue weighted by molar-refractivity contribution is 0.0951. The molecule has 4 N–H and O–H groups in total. The Balaban J connectivity index is 2.08. The number of nitrogens with one attached hydrogen (secondary N) is 2. The number of hydrogen-bond donors (Lipinski definition) is 3. The van der Waals surface area contributed by atoms with Crippen LogP contribution in [0.5, 0.6) is 0 Å². The number of nitrogen functional groups attached to an aromatic ring is 1. The average molecular weight is 320 g/mol. The maximum atomic E-state index is 12.1. The first kappa shape index (κ1) is 13.6. The summed E-state index contributed by atoms with van der Waals surface area (Å²) in [6, 6.07) is 14.9. The van der Waals surface area contributed by atoms with Crippen LogP contribution in [0.4, 0.5) is 5.69 Å². The molecular weight excluding hydrogens is 306 g/mol. The summed E-state index contributed by atoms with van der Waals surface area (Å²) in [5, 5.41) is 2.87. The minimum atomic E-state index is -0.163. The van der Waals surface area contributed by atoms with Gasteiger partial charge in [-0.3, -0.25) is 10.6 Å². The normalized spacial score (nSPS) is 10.0. The summed E-state index contributed by atoms with van der Waals surface area (Å²) < 4.78 is 0.973. The van der Waals surface area contributed by atoms with E-state index in [1.807, 2.05) is 30.3 Å². The summed E-state index contributed by atoms with van der Waals surface area (Å²) in [5.41, 5.74) is 4.67. The largest absolute Gasteiger partial charge is 0.348 e. The molecule has 1 amide bonds. The highest BCUT2D eigenvalue weighted by Gasteiger charge is 2.10. The van der Waals surface area contributed by atoms with Crippen molar-refractivity contribution in [3.05, 3.63) is 64.1 Å². The van der Waals surface area contributed by atoms with Gasteiger partial charge >= 0.3 is 0 Å². The Bertz CT molecular complexity index is 586. The molecule has 0 radical (unpaired) electrons. The van der Waals surface area contributed by atoms with Crippen LogP contribution in [0.25, 0.3) is 0 Å². The summed E-state index contributed by atoms with van der Waals surface area (Å²) >= 11 is 3.45. The molecule has 0 aliphatic heterocycles. The van der Waals surface area contributed by atoms with Gasteiger partial charge in [0.15, 0.2) is 0 Å². The number of rotatable bonds is 4. The van der Waals surface area contributed by atoms with Crippen molar-refractivity contribution in [2.24, 2.45) is 5.84 Å². The highest BCUT2D eigenvalue weighted by atomic mass is 79.9. The maximum Gasteiger partial charge on any atom is 0.253 e. The fourth-order valence-electron chi connectivity index (χ4n) is 1.72. The standard InChI is InChI=1S/C14H14BrN3O/c15-12-7-3-1-5-10(12)9-17-14(19)11-6-2-4-8-13(11)18-16/h1-8,18H,9,16H2,(H,17,19). The summed E-state index contributed by atoms with van der Waals surface area (Å²) in [5.74, 6) is 5.22. The van der Waals surface area contributed by atoms with Gasteiger partial charge in [-0.15, -0.1) is 0 Å². The molecule has 2 aromatic carbocycles. The zero-order chi connectivity index (χ0) is 13.7. The van der Waals surface area contributed by atoms with Crippen LogP contribution in [0.2, 0.25) is 0 Å². The van der Waals surface area contributed by atoms with Crippen molar-refractivity contribution in [3.8, 4) is 0 Å². The number of hydrogen-bond acceptors (Lipinski definition) is 3. The molecule has 2 aromatic rings. The van der Waals surface area contributed by atoms with E-state index < -0.39 is 0 Å². The monoisotopic (exact) mass is 319 g/mol. The molecule has 4 nitrogen and oxygen atoms in total. The van der Waals surface area contributed by atoms with Crippen LogP contribution in [0.3, 0.4) is 0 Å². The topological polar surface area (TPSA) is 67.1 Å². The number of hydrazine groups is 1. The fraction of sp³-hybridized carbons (Fsp3) is 0.0714. The third-order valence-electron chi connectivity index (χ3n) is 2.72. The van der Waals surface area contributed by atoms with Crippen molar-refractivity contribution < 1.29 is 4.79 Å². The predicted octanol–water partition coefficient (Wildman–Crippen LogP) is 2.66. The van der Waals surface area contributed by atoms with Crippen LogP contribution in [0.1, 0.15) is 15.9 Å². The lowest BCUT2D eigenvalue weighted by atomic mass is 10.1. The second-order valence-electron chi connectivity index (χ2n) is 3.96. The number of anilines is 1. The second-order valence-corrected chi connectivity index (χ2v) is 4.82. The van der Waals surface area contributed by atoms with E-state index in [-0.39, 0.29) is 5.91 Å². The van der Waals surface area contributed by atoms with Gasteiger partial charge in [0.2, 0.25) is 0 Å². The van der Waals surface area contributed by atoms with E-state index in [2.05, 4.69) is 26.7 Å². The minimum Gasteiger partial charge on any atom is -0.348 e. The van der Waals surface area contributed by atoms with Crippen molar-refractivity contribution in [2.75, 3.05) is 5.43 Å². The second kappa shape index (κ2) is 6.36. The quantitative estimate of drug-likeness (QED) is 0.599. The van der Waals surface area contributed by atoms with Crippen molar-refractivity contribution in [2.45, 2.75) is 6.54 Å². The highest BCUT2D eigenvalue weighted by molar-refractivity contribution is 9.10. The smallest absolute Gasteiger partial charge is 0.253 e. The molecule has 0 saturated carbocycles. The van der Waals surface area contributed by atoms with Gasteiger partial charge in [-0.1, -0.05) is 46.3 Å². The minimum absolute atomic E-state index is 0.163. The van der Waals surface area contributed by atoms with Crippen LogP contribution >= 0.6 is 15.9 Å². The molecule has 0 saturated heterocycles. The molecule has 0 spiro atoms.